The van der Waals surface area contributed by atoms with Gasteiger partial charge in [0.2, 0.25) is 0 Å². The number of rotatable bonds is 6. The number of hydrogen-bond donors (Lipinski definition) is 1. The molecular weight excluding hydrogens is 290 g/mol. The topological polar surface area (TPSA) is 49.8 Å². The van der Waals surface area contributed by atoms with Crippen LogP contribution in [0.25, 0.3) is 0 Å². The molecule has 23 heavy (non-hydrogen) atoms. The van der Waals surface area contributed by atoms with E-state index >= 15 is 0 Å². The molecule has 0 saturated heterocycles. The Morgan fingerprint density at radius 1 is 1.17 bits per heavy atom. The second kappa shape index (κ2) is 7.79. The van der Waals surface area contributed by atoms with Crippen LogP contribution in [0.15, 0.2) is 54.6 Å². The van der Waals surface area contributed by atoms with Crippen molar-refractivity contribution in [1.29, 1.82) is 0 Å². The maximum atomic E-state index is 12.3. The van der Waals surface area contributed by atoms with Crippen molar-refractivity contribution in [2.45, 2.75) is 26.0 Å². The molecule has 0 aliphatic carbocycles. The van der Waals surface area contributed by atoms with E-state index in [0.717, 1.165) is 11.1 Å². The predicted molar refractivity (Wildman–Crippen MR) is 90.3 cm³/mol. The number of carbonyl (C=O) groups is 1. The molecule has 0 heterocycles. The highest BCUT2D eigenvalue weighted by Gasteiger charge is 2.24. The lowest BCUT2D eigenvalue weighted by molar-refractivity contribution is -0.136. The second-order valence-electron chi connectivity index (χ2n) is 5.71. The Balaban J connectivity index is 1.93. The Labute approximate surface area is 137 Å². The van der Waals surface area contributed by atoms with Crippen molar-refractivity contribution >= 4 is 5.91 Å². The van der Waals surface area contributed by atoms with Gasteiger partial charge in [0.15, 0.2) is 6.61 Å². The molecule has 0 bridgehead atoms. The van der Waals surface area contributed by atoms with Gasteiger partial charge < -0.3 is 14.7 Å². The van der Waals surface area contributed by atoms with Crippen LogP contribution < -0.4 is 4.74 Å². The fourth-order valence-electron chi connectivity index (χ4n) is 2.32. The van der Waals surface area contributed by atoms with Crippen molar-refractivity contribution in [1.82, 2.24) is 4.90 Å². The molecule has 0 aliphatic heterocycles. The molecule has 1 amide bonds. The fourth-order valence-corrected chi connectivity index (χ4v) is 2.32. The molecule has 0 fully saturated rings. The van der Waals surface area contributed by atoms with E-state index in [1.54, 1.807) is 7.05 Å². The lowest BCUT2D eigenvalue weighted by atomic mass is 10.0. The molecule has 1 N–H and O–H groups in total. The van der Waals surface area contributed by atoms with Gasteiger partial charge in [-0.3, -0.25) is 4.79 Å². The molecule has 2 rings (SSSR count). The van der Waals surface area contributed by atoms with Gasteiger partial charge >= 0.3 is 0 Å². The van der Waals surface area contributed by atoms with E-state index in [4.69, 9.17) is 4.74 Å². The summed E-state index contributed by atoms with van der Waals surface area (Å²) in [6.45, 7) is 3.74. The summed E-state index contributed by atoms with van der Waals surface area (Å²) in [6.07, 6.45) is -0.732. The molecule has 0 saturated carbocycles. The Hall–Kier alpha value is -2.33. The van der Waals surface area contributed by atoms with Gasteiger partial charge in [0.25, 0.3) is 5.91 Å². The summed E-state index contributed by atoms with van der Waals surface area (Å²) < 4.78 is 5.53. The zero-order valence-corrected chi connectivity index (χ0v) is 13.8. The molecule has 0 aromatic heterocycles. The number of nitrogens with zero attached hydrogens (tertiary/aromatic N) is 1. The van der Waals surface area contributed by atoms with Gasteiger partial charge in [0.05, 0.1) is 12.1 Å². The largest absolute Gasteiger partial charge is 0.484 e. The third-order valence-electron chi connectivity index (χ3n) is 3.95. The molecule has 2 aromatic carbocycles. The highest BCUT2D eigenvalue weighted by molar-refractivity contribution is 5.77. The van der Waals surface area contributed by atoms with Gasteiger partial charge in [-0.2, -0.15) is 0 Å². The van der Waals surface area contributed by atoms with E-state index in [1.807, 2.05) is 68.4 Å². The smallest absolute Gasteiger partial charge is 0.260 e. The van der Waals surface area contributed by atoms with E-state index in [0.29, 0.717) is 5.75 Å². The van der Waals surface area contributed by atoms with E-state index in [9.17, 15) is 9.90 Å². The van der Waals surface area contributed by atoms with Crippen LogP contribution in [0.2, 0.25) is 0 Å². The SMILES string of the molecule is Cc1cccc(OCC(=O)N(C)C(C)C(O)c2ccccc2)c1. The maximum absolute atomic E-state index is 12.3. The summed E-state index contributed by atoms with van der Waals surface area (Å²) in [6, 6.07) is 16.6. The van der Waals surface area contributed by atoms with Crippen molar-refractivity contribution in [3.63, 3.8) is 0 Å². The van der Waals surface area contributed by atoms with Crippen LogP contribution in [0, 0.1) is 6.92 Å². The third kappa shape index (κ3) is 4.57. The molecule has 122 valence electrons. The highest BCUT2D eigenvalue weighted by Crippen LogP contribution is 2.20. The summed E-state index contributed by atoms with van der Waals surface area (Å²) >= 11 is 0. The lowest BCUT2D eigenvalue weighted by Gasteiger charge is -2.29. The Bertz CT molecular complexity index is 642. The van der Waals surface area contributed by atoms with Crippen molar-refractivity contribution in [2.75, 3.05) is 13.7 Å². The summed E-state index contributed by atoms with van der Waals surface area (Å²) in [5.74, 6) is 0.497. The zero-order chi connectivity index (χ0) is 16.8. The van der Waals surface area contributed by atoms with Crippen molar-refractivity contribution in [3.8, 4) is 5.75 Å². The number of likely N-dealkylation sites (N-methyl/N-ethyl adjacent to an activating group) is 1. The second-order valence-corrected chi connectivity index (χ2v) is 5.71. The predicted octanol–water partition coefficient (Wildman–Crippen LogP) is 2.95. The number of carbonyl (C=O) groups excluding carboxylic acids is 1. The maximum Gasteiger partial charge on any atom is 0.260 e. The van der Waals surface area contributed by atoms with Crippen LogP contribution in [-0.4, -0.2) is 35.6 Å². The first-order chi connectivity index (χ1) is 11.0. The zero-order valence-electron chi connectivity index (χ0n) is 13.8. The number of aryl methyl sites for hydroxylation is 1. The van der Waals surface area contributed by atoms with Crippen LogP contribution >= 0.6 is 0 Å². The van der Waals surface area contributed by atoms with Crippen LogP contribution in [0.1, 0.15) is 24.2 Å². The van der Waals surface area contributed by atoms with Crippen LogP contribution in [0.4, 0.5) is 0 Å². The molecular formula is C19H23NO3. The molecule has 2 unspecified atom stereocenters. The molecule has 0 radical (unpaired) electrons. The highest BCUT2D eigenvalue weighted by atomic mass is 16.5. The summed E-state index contributed by atoms with van der Waals surface area (Å²) in [5, 5.41) is 10.4. The van der Waals surface area contributed by atoms with Gasteiger partial charge in [-0.05, 0) is 37.1 Å². The van der Waals surface area contributed by atoms with Gasteiger partial charge in [0.1, 0.15) is 5.75 Å². The summed E-state index contributed by atoms with van der Waals surface area (Å²) in [7, 11) is 1.68. The van der Waals surface area contributed by atoms with Crippen LogP contribution in [0.3, 0.4) is 0 Å². The lowest BCUT2D eigenvalue weighted by Crippen LogP contribution is -2.41. The van der Waals surface area contributed by atoms with Gasteiger partial charge in [-0.15, -0.1) is 0 Å². The Kier molecular flexibility index (Phi) is 5.77. The average Bonchev–Trinajstić information content (AvgIpc) is 2.58. The van der Waals surface area contributed by atoms with Crippen LogP contribution in [0.5, 0.6) is 5.75 Å². The van der Waals surface area contributed by atoms with E-state index in [-0.39, 0.29) is 18.6 Å². The minimum Gasteiger partial charge on any atom is -0.484 e. The molecule has 0 aliphatic rings. The molecule has 2 atom stereocenters. The number of aliphatic hydroxyl groups is 1. The van der Waals surface area contributed by atoms with Gasteiger partial charge in [-0.1, -0.05) is 42.5 Å². The van der Waals surface area contributed by atoms with Gasteiger partial charge in [0, 0.05) is 7.05 Å². The Morgan fingerprint density at radius 3 is 2.52 bits per heavy atom. The first kappa shape index (κ1) is 17.0. The number of hydrogen-bond acceptors (Lipinski definition) is 3. The standard InChI is InChI=1S/C19H23NO3/c1-14-8-7-11-17(12-14)23-13-18(21)20(3)15(2)19(22)16-9-5-4-6-10-16/h4-12,15,19,22H,13H2,1-3H3. The molecule has 4 heteroatoms. The van der Waals surface area contributed by atoms with Crippen molar-refractivity contribution in [2.24, 2.45) is 0 Å². The first-order valence-corrected chi connectivity index (χ1v) is 7.67. The minimum absolute atomic E-state index is 0.0498. The number of benzene rings is 2. The van der Waals surface area contributed by atoms with E-state index in [1.165, 1.54) is 4.90 Å². The normalized spacial score (nSPS) is 13.2. The molecule has 0 spiro atoms. The number of ether oxygens (including phenoxy) is 1. The van der Waals surface area contributed by atoms with Gasteiger partial charge in [-0.25, -0.2) is 0 Å². The quantitative estimate of drug-likeness (QED) is 0.892. The minimum atomic E-state index is -0.732. The van der Waals surface area contributed by atoms with E-state index < -0.39 is 6.10 Å². The molecule has 2 aromatic rings. The number of amides is 1. The molecule has 4 nitrogen and oxygen atoms in total. The summed E-state index contributed by atoms with van der Waals surface area (Å²) in [5.41, 5.74) is 1.87. The van der Waals surface area contributed by atoms with Crippen molar-refractivity contribution in [3.05, 3.63) is 65.7 Å². The number of aliphatic hydroxyl groups excluding tert-OH is 1. The third-order valence-corrected chi connectivity index (χ3v) is 3.95. The Morgan fingerprint density at radius 2 is 1.87 bits per heavy atom. The van der Waals surface area contributed by atoms with Crippen LogP contribution in [-0.2, 0) is 4.79 Å². The van der Waals surface area contributed by atoms with Crippen molar-refractivity contribution < 1.29 is 14.6 Å². The summed E-state index contributed by atoms with van der Waals surface area (Å²) in [4.78, 5) is 13.8. The monoisotopic (exact) mass is 313 g/mol. The van der Waals surface area contributed by atoms with E-state index in [2.05, 4.69) is 0 Å². The average molecular weight is 313 g/mol. The first-order valence-electron chi connectivity index (χ1n) is 7.67. The fraction of sp³-hybridized carbons (Fsp3) is 0.316.